The summed E-state index contributed by atoms with van der Waals surface area (Å²) in [7, 11) is 1.41. The van der Waals surface area contributed by atoms with Gasteiger partial charge in [-0.25, -0.2) is 9.67 Å². The minimum atomic E-state index is -0.251. The van der Waals surface area contributed by atoms with Crippen molar-refractivity contribution in [3.8, 4) is 5.95 Å². The summed E-state index contributed by atoms with van der Waals surface area (Å²) in [5, 5.41) is 6.48. The smallest absolute Gasteiger partial charge is 0.316 e. The lowest BCUT2D eigenvalue weighted by Gasteiger charge is -2.12. The molecule has 0 fully saturated rings. The summed E-state index contributed by atoms with van der Waals surface area (Å²) in [4.78, 5) is 23.6. The van der Waals surface area contributed by atoms with Gasteiger partial charge in [0.15, 0.2) is 0 Å². The number of fused-ring (bicyclic) bond motifs is 3. The normalized spacial score (nSPS) is 13.8. The molecule has 0 saturated carbocycles. The molecule has 0 bridgehead atoms. The van der Waals surface area contributed by atoms with Crippen LogP contribution in [-0.4, -0.2) is 38.6 Å². The molecule has 136 valence electrons. The van der Waals surface area contributed by atoms with Crippen molar-refractivity contribution in [2.45, 2.75) is 44.6 Å². The van der Waals surface area contributed by atoms with Gasteiger partial charge in [0.25, 0.3) is 5.95 Å². The molecule has 0 spiro atoms. The van der Waals surface area contributed by atoms with Crippen LogP contribution in [0.25, 0.3) is 16.2 Å². The lowest BCUT2D eigenvalue weighted by Crippen LogP contribution is -2.08. The van der Waals surface area contributed by atoms with E-state index in [-0.39, 0.29) is 11.7 Å². The summed E-state index contributed by atoms with van der Waals surface area (Å²) >= 11 is 3.18. The average Bonchev–Trinajstić information content (AvgIpc) is 3.18. The SMILES string of the molecule is COC(=O)CSc1nc(-n2nc(C)cc2C)nc2sc3c(c12)CCCC3. The minimum absolute atomic E-state index is 0.240. The fourth-order valence-electron chi connectivity index (χ4n) is 3.33. The van der Waals surface area contributed by atoms with Crippen LogP contribution in [0, 0.1) is 13.8 Å². The first-order valence-corrected chi connectivity index (χ1v) is 10.4. The molecule has 0 aliphatic heterocycles. The van der Waals surface area contributed by atoms with Gasteiger partial charge in [-0.1, -0.05) is 11.8 Å². The number of aromatic nitrogens is 4. The fourth-order valence-corrected chi connectivity index (χ4v) is 5.53. The number of thiophene rings is 1. The number of rotatable bonds is 4. The Balaban J connectivity index is 1.87. The topological polar surface area (TPSA) is 69.9 Å². The summed E-state index contributed by atoms with van der Waals surface area (Å²) in [6.07, 6.45) is 4.58. The highest BCUT2D eigenvalue weighted by molar-refractivity contribution is 8.00. The van der Waals surface area contributed by atoms with Gasteiger partial charge in [0.05, 0.1) is 18.6 Å². The maximum absolute atomic E-state index is 11.7. The van der Waals surface area contributed by atoms with Crippen molar-refractivity contribution in [1.29, 1.82) is 0 Å². The highest BCUT2D eigenvalue weighted by Crippen LogP contribution is 2.40. The standard InChI is InChI=1S/C18H20N4O2S2/c1-10-8-11(2)22(21-10)18-19-16(25-9-14(23)24-3)15-12-6-4-5-7-13(12)26-17(15)20-18/h8H,4-7,9H2,1-3H3. The molecule has 1 aliphatic carbocycles. The lowest BCUT2D eigenvalue weighted by molar-refractivity contribution is -0.137. The van der Waals surface area contributed by atoms with E-state index < -0.39 is 0 Å². The summed E-state index contributed by atoms with van der Waals surface area (Å²) in [5.41, 5.74) is 3.29. The Morgan fingerprint density at radius 3 is 2.85 bits per heavy atom. The molecule has 0 unspecified atom stereocenters. The zero-order valence-corrected chi connectivity index (χ0v) is 16.7. The number of ether oxygens (including phenoxy) is 1. The zero-order chi connectivity index (χ0) is 18.3. The van der Waals surface area contributed by atoms with Crippen LogP contribution in [0.4, 0.5) is 0 Å². The maximum atomic E-state index is 11.7. The van der Waals surface area contributed by atoms with Gasteiger partial charge in [-0.2, -0.15) is 10.1 Å². The number of carbonyl (C=O) groups excluding carboxylic acids is 1. The largest absolute Gasteiger partial charge is 0.468 e. The molecule has 26 heavy (non-hydrogen) atoms. The van der Waals surface area contributed by atoms with Gasteiger partial charge in [-0.3, -0.25) is 4.79 Å². The van der Waals surface area contributed by atoms with E-state index in [0.29, 0.717) is 5.95 Å². The predicted molar refractivity (Wildman–Crippen MR) is 103 cm³/mol. The molecule has 0 saturated heterocycles. The molecule has 0 amide bonds. The van der Waals surface area contributed by atoms with Gasteiger partial charge in [-0.05, 0) is 51.2 Å². The second-order valence-corrected chi connectivity index (χ2v) is 8.47. The molecule has 3 aromatic rings. The third-order valence-electron chi connectivity index (χ3n) is 4.52. The van der Waals surface area contributed by atoms with E-state index in [9.17, 15) is 4.79 Å². The fraction of sp³-hybridized carbons (Fsp3) is 0.444. The number of methoxy groups -OCH3 is 1. The number of hydrogen-bond donors (Lipinski definition) is 0. The van der Waals surface area contributed by atoms with E-state index in [4.69, 9.17) is 14.7 Å². The van der Waals surface area contributed by atoms with E-state index in [1.54, 1.807) is 16.0 Å². The van der Waals surface area contributed by atoms with Crippen molar-refractivity contribution in [3.05, 3.63) is 27.9 Å². The second kappa shape index (κ2) is 7.00. The van der Waals surface area contributed by atoms with Crippen molar-refractivity contribution in [3.63, 3.8) is 0 Å². The van der Waals surface area contributed by atoms with Crippen LogP contribution in [0.2, 0.25) is 0 Å². The molecule has 3 heterocycles. The number of hydrogen-bond acceptors (Lipinski definition) is 7. The predicted octanol–water partition coefficient (Wildman–Crippen LogP) is 3.64. The van der Waals surface area contributed by atoms with Gasteiger partial charge in [0.2, 0.25) is 0 Å². The van der Waals surface area contributed by atoms with Gasteiger partial charge in [-0.15, -0.1) is 11.3 Å². The van der Waals surface area contributed by atoms with Crippen LogP contribution in [0.15, 0.2) is 11.1 Å². The molecule has 0 atom stereocenters. The van der Waals surface area contributed by atoms with E-state index >= 15 is 0 Å². The maximum Gasteiger partial charge on any atom is 0.316 e. The van der Waals surface area contributed by atoms with Crippen LogP contribution >= 0.6 is 23.1 Å². The van der Waals surface area contributed by atoms with Gasteiger partial charge >= 0.3 is 5.97 Å². The Labute approximate surface area is 160 Å². The monoisotopic (exact) mass is 388 g/mol. The molecular formula is C18H20N4O2S2. The second-order valence-electron chi connectivity index (χ2n) is 6.42. The molecule has 4 rings (SSSR count). The van der Waals surface area contributed by atoms with Crippen molar-refractivity contribution in [2.24, 2.45) is 0 Å². The zero-order valence-electron chi connectivity index (χ0n) is 15.0. The molecular weight excluding hydrogens is 368 g/mol. The summed E-state index contributed by atoms with van der Waals surface area (Å²) < 4.78 is 6.57. The first-order valence-electron chi connectivity index (χ1n) is 8.62. The van der Waals surface area contributed by atoms with E-state index in [1.807, 2.05) is 19.9 Å². The Morgan fingerprint density at radius 1 is 1.31 bits per heavy atom. The van der Waals surface area contributed by atoms with Crippen LogP contribution in [0.5, 0.6) is 0 Å². The minimum Gasteiger partial charge on any atom is -0.468 e. The number of nitrogens with zero attached hydrogens (tertiary/aromatic N) is 4. The number of aryl methyl sites for hydroxylation is 4. The number of carbonyl (C=O) groups is 1. The molecule has 0 radical (unpaired) electrons. The van der Waals surface area contributed by atoms with Gasteiger partial charge in [0, 0.05) is 16.0 Å². The summed E-state index contributed by atoms with van der Waals surface area (Å²) in [5.74, 6) is 0.552. The van der Waals surface area contributed by atoms with Crippen molar-refractivity contribution in [1.82, 2.24) is 19.7 Å². The van der Waals surface area contributed by atoms with Crippen molar-refractivity contribution in [2.75, 3.05) is 12.9 Å². The highest BCUT2D eigenvalue weighted by Gasteiger charge is 2.23. The van der Waals surface area contributed by atoms with Crippen LogP contribution < -0.4 is 0 Å². The molecule has 6 nitrogen and oxygen atoms in total. The molecule has 0 N–H and O–H groups in total. The lowest BCUT2D eigenvalue weighted by atomic mass is 9.97. The van der Waals surface area contributed by atoms with Crippen molar-refractivity contribution >= 4 is 39.3 Å². The van der Waals surface area contributed by atoms with Gasteiger partial charge in [0.1, 0.15) is 9.86 Å². The molecule has 0 aromatic carbocycles. The van der Waals surface area contributed by atoms with E-state index in [1.165, 1.54) is 42.2 Å². The third kappa shape index (κ3) is 3.12. The van der Waals surface area contributed by atoms with Crippen LogP contribution in [0.3, 0.4) is 0 Å². The van der Waals surface area contributed by atoms with E-state index in [2.05, 4.69) is 5.10 Å². The first-order chi connectivity index (χ1) is 12.6. The Hall–Kier alpha value is -1.93. The Bertz CT molecular complexity index is 993. The quantitative estimate of drug-likeness (QED) is 0.386. The third-order valence-corrected chi connectivity index (χ3v) is 6.66. The van der Waals surface area contributed by atoms with Crippen LogP contribution in [-0.2, 0) is 22.4 Å². The first kappa shape index (κ1) is 17.5. The van der Waals surface area contributed by atoms with Gasteiger partial charge < -0.3 is 4.74 Å². The van der Waals surface area contributed by atoms with E-state index in [0.717, 1.165) is 39.5 Å². The average molecular weight is 389 g/mol. The Morgan fingerprint density at radius 2 is 2.12 bits per heavy atom. The number of esters is 1. The van der Waals surface area contributed by atoms with Crippen molar-refractivity contribution < 1.29 is 9.53 Å². The molecule has 3 aromatic heterocycles. The summed E-state index contributed by atoms with van der Waals surface area (Å²) in [6, 6.07) is 2.01. The highest BCUT2D eigenvalue weighted by atomic mass is 32.2. The summed E-state index contributed by atoms with van der Waals surface area (Å²) in [6.45, 7) is 3.95. The Kier molecular flexibility index (Phi) is 4.71. The molecule has 1 aliphatic rings. The molecule has 8 heteroatoms. The van der Waals surface area contributed by atoms with Crippen LogP contribution in [0.1, 0.15) is 34.7 Å². The number of thioether (sulfide) groups is 1.